The molecule has 4 heteroatoms. The molecule has 16 heavy (non-hydrogen) atoms. The molecule has 0 fully saturated rings. The molecule has 0 radical (unpaired) electrons. The molecule has 1 aromatic carbocycles. The Kier molecular flexibility index (Phi) is 4.31. The highest BCUT2D eigenvalue weighted by molar-refractivity contribution is 5.64. The molecule has 0 aliphatic carbocycles. The monoisotopic (exact) mass is 222 g/mol. The SMILES string of the molecule is CN(C)Cc1ccc(CN(C)C(=O)O)cc1. The van der Waals surface area contributed by atoms with Gasteiger partial charge < -0.3 is 14.9 Å². The van der Waals surface area contributed by atoms with Gasteiger partial charge in [0.05, 0.1) is 0 Å². The van der Waals surface area contributed by atoms with Gasteiger partial charge in [-0.15, -0.1) is 0 Å². The number of carboxylic acid groups (broad SMARTS) is 1. The summed E-state index contributed by atoms with van der Waals surface area (Å²) in [6.45, 7) is 1.33. The fourth-order valence-corrected chi connectivity index (χ4v) is 1.46. The molecule has 0 aromatic heterocycles. The van der Waals surface area contributed by atoms with Crippen LogP contribution in [-0.2, 0) is 13.1 Å². The minimum Gasteiger partial charge on any atom is -0.465 e. The summed E-state index contributed by atoms with van der Waals surface area (Å²) in [7, 11) is 5.61. The van der Waals surface area contributed by atoms with Gasteiger partial charge in [-0.2, -0.15) is 0 Å². The van der Waals surface area contributed by atoms with Gasteiger partial charge in [0.2, 0.25) is 0 Å². The van der Waals surface area contributed by atoms with E-state index in [1.54, 1.807) is 7.05 Å². The summed E-state index contributed by atoms with van der Waals surface area (Å²) in [5.74, 6) is 0. The average molecular weight is 222 g/mol. The number of nitrogens with zero attached hydrogens (tertiary/aromatic N) is 2. The van der Waals surface area contributed by atoms with E-state index in [-0.39, 0.29) is 0 Å². The largest absolute Gasteiger partial charge is 0.465 e. The fraction of sp³-hybridized carbons (Fsp3) is 0.417. The van der Waals surface area contributed by atoms with E-state index in [0.717, 1.165) is 12.1 Å². The first-order chi connectivity index (χ1) is 7.49. The second kappa shape index (κ2) is 5.51. The van der Waals surface area contributed by atoms with E-state index < -0.39 is 6.09 Å². The predicted molar refractivity (Wildman–Crippen MR) is 63.3 cm³/mol. The second-order valence-electron chi connectivity index (χ2n) is 4.19. The first-order valence-electron chi connectivity index (χ1n) is 5.15. The van der Waals surface area contributed by atoms with Crippen LogP contribution in [0.1, 0.15) is 11.1 Å². The molecule has 0 atom stereocenters. The molecule has 1 amide bonds. The van der Waals surface area contributed by atoms with E-state index in [4.69, 9.17) is 5.11 Å². The third kappa shape index (κ3) is 3.90. The summed E-state index contributed by atoms with van der Waals surface area (Å²) in [4.78, 5) is 14.0. The lowest BCUT2D eigenvalue weighted by molar-refractivity contribution is 0.154. The minimum absolute atomic E-state index is 0.428. The number of hydrogen-bond donors (Lipinski definition) is 1. The molecule has 0 spiro atoms. The molecular weight excluding hydrogens is 204 g/mol. The summed E-state index contributed by atoms with van der Waals surface area (Å²) in [6.07, 6.45) is -0.905. The zero-order valence-electron chi connectivity index (χ0n) is 9.97. The van der Waals surface area contributed by atoms with Crippen LogP contribution in [0.5, 0.6) is 0 Å². The fourth-order valence-electron chi connectivity index (χ4n) is 1.46. The second-order valence-corrected chi connectivity index (χ2v) is 4.19. The lowest BCUT2D eigenvalue weighted by atomic mass is 10.1. The molecule has 0 aliphatic rings. The summed E-state index contributed by atoms with van der Waals surface area (Å²) < 4.78 is 0. The Morgan fingerprint density at radius 1 is 1.06 bits per heavy atom. The first kappa shape index (κ1) is 12.5. The molecule has 1 aromatic rings. The van der Waals surface area contributed by atoms with Crippen molar-refractivity contribution in [2.75, 3.05) is 21.1 Å². The van der Waals surface area contributed by atoms with Crippen molar-refractivity contribution in [1.29, 1.82) is 0 Å². The van der Waals surface area contributed by atoms with Crippen LogP contribution in [0.3, 0.4) is 0 Å². The van der Waals surface area contributed by atoms with E-state index in [2.05, 4.69) is 4.90 Å². The smallest absolute Gasteiger partial charge is 0.407 e. The van der Waals surface area contributed by atoms with Crippen molar-refractivity contribution in [3.8, 4) is 0 Å². The Hall–Kier alpha value is -1.55. The van der Waals surface area contributed by atoms with Gasteiger partial charge in [0, 0.05) is 20.1 Å². The topological polar surface area (TPSA) is 43.8 Å². The van der Waals surface area contributed by atoms with Gasteiger partial charge in [0.25, 0.3) is 0 Å². The van der Waals surface area contributed by atoms with Crippen molar-refractivity contribution in [3.05, 3.63) is 35.4 Å². The average Bonchev–Trinajstić information content (AvgIpc) is 2.20. The van der Waals surface area contributed by atoms with Crippen molar-refractivity contribution in [3.63, 3.8) is 0 Å². The molecule has 0 aliphatic heterocycles. The van der Waals surface area contributed by atoms with Crippen molar-refractivity contribution in [2.45, 2.75) is 13.1 Å². The lowest BCUT2D eigenvalue weighted by Crippen LogP contribution is -2.23. The maximum atomic E-state index is 10.6. The molecule has 0 bridgehead atoms. The van der Waals surface area contributed by atoms with Crippen molar-refractivity contribution >= 4 is 6.09 Å². The Morgan fingerprint density at radius 2 is 1.50 bits per heavy atom. The summed E-state index contributed by atoms with van der Waals surface area (Å²) in [6, 6.07) is 8.01. The van der Waals surface area contributed by atoms with Gasteiger partial charge in [-0.05, 0) is 25.2 Å². The van der Waals surface area contributed by atoms with E-state index >= 15 is 0 Å². The molecule has 0 heterocycles. The number of amides is 1. The Labute approximate surface area is 96.1 Å². The maximum absolute atomic E-state index is 10.6. The van der Waals surface area contributed by atoms with Crippen LogP contribution in [0, 0.1) is 0 Å². The highest BCUT2D eigenvalue weighted by Gasteiger charge is 2.05. The first-order valence-corrected chi connectivity index (χ1v) is 5.15. The molecule has 4 nitrogen and oxygen atoms in total. The molecule has 0 saturated carbocycles. The van der Waals surface area contributed by atoms with Crippen LogP contribution in [0.25, 0.3) is 0 Å². The number of carbonyl (C=O) groups is 1. The zero-order valence-corrected chi connectivity index (χ0v) is 9.97. The number of benzene rings is 1. The van der Waals surface area contributed by atoms with Crippen LogP contribution in [0.15, 0.2) is 24.3 Å². The van der Waals surface area contributed by atoms with Crippen LogP contribution >= 0.6 is 0 Å². The van der Waals surface area contributed by atoms with Crippen LogP contribution in [0.2, 0.25) is 0 Å². The summed E-state index contributed by atoms with van der Waals surface area (Å²) in [5, 5.41) is 8.74. The molecule has 0 saturated heterocycles. The normalized spacial score (nSPS) is 10.5. The minimum atomic E-state index is -0.905. The molecule has 0 unspecified atom stereocenters. The highest BCUT2D eigenvalue weighted by Crippen LogP contribution is 2.08. The van der Waals surface area contributed by atoms with Crippen molar-refractivity contribution in [1.82, 2.24) is 9.80 Å². The van der Waals surface area contributed by atoms with Gasteiger partial charge >= 0.3 is 6.09 Å². The number of hydrogen-bond acceptors (Lipinski definition) is 2. The van der Waals surface area contributed by atoms with Crippen LogP contribution < -0.4 is 0 Å². The Balaban J connectivity index is 2.61. The lowest BCUT2D eigenvalue weighted by Gasteiger charge is -2.14. The third-order valence-electron chi connectivity index (χ3n) is 2.27. The summed E-state index contributed by atoms with van der Waals surface area (Å²) in [5.41, 5.74) is 2.24. The van der Waals surface area contributed by atoms with Crippen molar-refractivity contribution in [2.24, 2.45) is 0 Å². The Bertz CT molecular complexity index is 347. The van der Waals surface area contributed by atoms with E-state index in [1.165, 1.54) is 10.5 Å². The quantitative estimate of drug-likeness (QED) is 0.845. The van der Waals surface area contributed by atoms with Crippen LogP contribution in [0.4, 0.5) is 4.79 Å². The Morgan fingerprint density at radius 3 is 1.88 bits per heavy atom. The van der Waals surface area contributed by atoms with Crippen molar-refractivity contribution < 1.29 is 9.90 Å². The van der Waals surface area contributed by atoms with E-state index in [1.807, 2.05) is 38.4 Å². The molecular formula is C12H18N2O2. The van der Waals surface area contributed by atoms with Crippen LogP contribution in [-0.4, -0.2) is 42.1 Å². The van der Waals surface area contributed by atoms with E-state index in [0.29, 0.717) is 6.54 Å². The van der Waals surface area contributed by atoms with Gasteiger partial charge in [-0.25, -0.2) is 4.79 Å². The predicted octanol–water partition coefficient (Wildman–Crippen LogP) is 1.86. The number of rotatable bonds is 4. The van der Waals surface area contributed by atoms with Gasteiger partial charge in [0.15, 0.2) is 0 Å². The zero-order chi connectivity index (χ0) is 12.1. The highest BCUT2D eigenvalue weighted by atomic mass is 16.4. The van der Waals surface area contributed by atoms with Gasteiger partial charge in [-0.1, -0.05) is 24.3 Å². The molecule has 1 N–H and O–H groups in total. The standard InChI is InChI=1S/C12H18N2O2/c1-13(2)8-10-4-6-11(7-5-10)9-14(3)12(15)16/h4-7H,8-9H2,1-3H3,(H,15,16). The van der Waals surface area contributed by atoms with Gasteiger partial charge in [-0.3, -0.25) is 0 Å². The molecule has 1 rings (SSSR count). The third-order valence-corrected chi connectivity index (χ3v) is 2.27. The maximum Gasteiger partial charge on any atom is 0.407 e. The summed E-state index contributed by atoms with van der Waals surface area (Å²) >= 11 is 0. The van der Waals surface area contributed by atoms with E-state index in [9.17, 15) is 4.79 Å². The molecule has 88 valence electrons. The van der Waals surface area contributed by atoms with Gasteiger partial charge in [0.1, 0.15) is 0 Å².